The van der Waals surface area contributed by atoms with E-state index in [-0.39, 0.29) is 18.6 Å². The Kier molecular flexibility index (Phi) is 4.56. The molecule has 1 radical (unpaired) electrons. The third-order valence-electron chi connectivity index (χ3n) is 5.56. The van der Waals surface area contributed by atoms with E-state index in [1.807, 2.05) is 30.3 Å². The zero-order valence-corrected chi connectivity index (χ0v) is 14.1. The maximum Gasteiger partial charge on any atom is 0.411 e. The molecule has 6 nitrogen and oxygen atoms in total. The fraction of sp³-hybridized carbons (Fsp3) is 0.474. The number of ether oxygens (including phenoxy) is 1. The zero-order valence-electron chi connectivity index (χ0n) is 14.1. The monoisotopic (exact) mass is 344 g/mol. The second-order valence-electron chi connectivity index (χ2n) is 7.06. The number of rotatable bonds is 5. The summed E-state index contributed by atoms with van der Waals surface area (Å²) in [6.07, 6.45) is 1.02. The highest BCUT2D eigenvalue weighted by molar-refractivity contribution is 5.82. The fourth-order valence-electron chi connectivity index (χ4n) is 4.43. The minimum absolute atomic E-state index is 0.0635. The average Bonchev–Trinajstić information content (AvgIpc) is 2.77. The maximum atomic E-state index is 12.6. The lowest BCUT2D eigenvalue weighted by Gasteiger charge is -2.44. The number of aliphatic hydroxyl groups is 1. The van der Waals surface area contributed by atoms with E-state index in [2.05, 4.69) is 6.58 Å². The van der Waals surface area contributed by atoms with Crippen LogP contribution < -0.4 is 0 Å². The van der Waals surface area contributed by atoms with E-state index in [1.54, 1.807) is 13.0 Å². The third-order valence-corrected chi connectivity index (χ3v) is 5.56. The van der Waals surface area contributed by atoms with Crippen LogP contribution in [0.5, 0.6) is 0 Å². The van der Waals surface area contributed by atoms with E-state index >= 15 is 0 Å². The first-order chi connectivity index (χ1) is 11.9. The van der Waals surface area contributed by atoms with Crippen LogP contribution in [0.3, 0.4) is 0 Å². The second-order valence-corrected chi connectivity index (χ2v) is 7.06. The highest BCUT2D eigenvalue weighted by Gasteiger charge is 2.67. The van der Waals surface area contributed by atoms with Gasteiger partial charge in [-0.1, -0.05) is 43.3 Å². The largest absolute Gasteiger partial charge is 0.445 e. The van der Waals surface area contributed by atoms with Gasteiger partial charge < -0.3 is 9.84 Å². The molecule has 2 aliphatic rings. The average molecular weight is 344 g/mol. The Hall–Kier alpha value is -2.34. The molecule has 133 valence electrons. The summed E-state index contributed by atoms with van der Waals surface area (Å²) in [4.78, 5) is 25.7. The van der Waals surface area contributed by atoms with Gasteiger partial charge in [-0.3, -0.25) is 4.90 Å². The van der Waals surface area contributed by atoms with Gasteiger partial charge in [0.05, 0.1) is 6.10 Å². The predicted molar refractivity (Wildman–Crippen MR) is 88.8 cm³/mol. The van der Waals surface area contributed by atoms with Gasteiger partial charge in [-0.05, 0) is 18.4 Å². The van der Waals surface area contributed by atoms with Crippen LogP contribution in [0.2, 0.25) is 0 Å². The highest BCUT2D eigenvalue weighted by Crippen LogP contribution is 2.57. The smallest absolute Gasteiger partial charge is 0.411 e. The van der Waals surface area contributed by atoms with Gasteiger partial charge in [-0.25, -0.2) is 14.7 Å². The van der Waals surface area contributed by atoms with Crippen LogP contribution in [0.15, 0.2) is 43.0 Å². The van der Waals surface area contributed by atoms with Crippen molar-refractivity contribution in [1.29, 1.82) is 0 Å². The molecule has 0 spiro atoms. The van der Waals surface area contributed by atoms with E-state index < -0.39 is 29.6 Å². The molecule has 1 aromatic rings. The molecule has 1 aromatic carbocycles. The summed E-state index contributed by atoms with van der Waals surface area (Å²) in [5.74, 6) is -1.65. The van der Waals surface area contributed by atoms with Gasteiger partial charge in [0, 0.05) is 17.4 Å². The Morgan fingerprint density at radius 2 is 2.08 bits per heavy atom. The van der Waals surface area contributed by atoms with E-state index in [0.717, 1.165) is 5.56 Å². The molecule has 1 aliphatic heterocycles. The SMILES string of the molecule is C=CC[C@]1(C)[C@H]2C(O)C[C@H]2N(C(=O)OCc2ccccc2)[C@@H]1C([O])=O. The van der Waals surface area contributed by atoms with Crippen LogP contribution in [0.1, 0.15) is 25.3 Å². The van der Waals surface area contributed by atoms with Crippen molar-refractivity contribution in [2.75, 3.05) is 0 Å². The second kappa shape index (κ2) is 6.52. The first-order valence-corrected chi connectivity index (χ1v) is 8.39. The predicted octanol–water partition coefficient (Wildman–Crippen LogP) is 2.30. The Balaban J connectivity index is 1.82. The van der Waals surface area contributed by atoms with Crippen molar-refractivity contribution in [2.24, 2.45) is 11.3 Å². The van der Waals surface area contributed by atoms with Gasteiger partial charge in [0.25, 0.3) is 0 Å². The summed E-state index contributed by atoms with van der Waals surface area (Å²) >= 11 is 0. The van der Waals surface area contributed by atoms with Crippen molar-refractivity contribution in [3.05, 3.63) is 48.6 Å². The van der Waals surface area contributed by atoms with Crippen LogP contribution in [0.4, 0.5) is 4.79 Å². The van der Waals surface area contributed by atoms with E-state index in [9.17, 15) is 19.8 Å². The number of carbonyl (C=O) groups excluding carboxylic acids is 2. The standard InChI is InChI=1S/C19H22NO5/c1-3-9-19(2)15-13(10-14(15)21)20(16(19)17(22)23)18(24)25-11-12-7-5-4-6-8-12/h3-8,13-16,21H,1,9-11H2,2H3/t13-,14?,15-,16-,19-/m1/s1. The summed E-state index contributed by atoms with van der Waals surface area (Å²) in [5, 5.41) is 22.0. The number of allylic oxidation sites excluding steroid dienone is 1. The van der Waals surface area contributed by atoms with Crippen LogP contribution in [-0.4, -0.2) is 40.3 Å². The van der Waals surface area contributed by atoms with Crippen molar-refractivity contribution in [1.82, 2.24) is 4.90 Å². The molecule has 1 saturated carbocycles. The van der Waals surface area contributed by atoms with Gasteiger partial charge in [0.1, 0.15) is 12.6 Å². The summed E-state index contributed by atoms with van der Waals surface area (Å²) < 4.78 is 5.34. The lowest BCUT2D eigenvalue weighted by atomic mass is 9.61. The van der Waals surface area contributed by atoms with Crippen LogP contribution >= 0.6 is 0 Å². The Bertz CT molecular complexity index is 676. The number of hydrogen-bond donors (Lipinski definition) is 1. The van der Waals surface area contributed by atoms with E-state index in [4.69, 9.17) is 4.74 Å². The van der Waals surface area contributed by atoms with Gasteiger partial charge >= 0.3 is 12.1 Å². The molecule has 1 aliphatic carbocycles. The number of nitrogens with zero attached hydrogens (tertiary/aromatic N) is 1. The fourth-order valence-corrected chi connectivity index (χ4v) is 4.43. The molecule has 3 rings (SSSR count). The van der Waals surface area contributed by atoms with E-state index in [0.29, 0.717) is 12.8 Å². The van der Waals surface area contributed by atoms with Crippen molar-refractivity contribution < 1.29 is 24.5 Å². The number of likely N-dealkylation sites (tertiary alicyclic amines) is 1. The first kappa shape index (κ1) is 17.5. The number of benzene rings is 1. The number of fused-ring (bicyclic) bond motifs is 1. The molecule has 2 fully saturated rings. The Morgan fingerprint density at radius 3 is 2.64 bits per heavy atom. The van der Waals surface area contributed by atoms with Gasteiger partial charge in [0.15, 0.2) is 0 Å². The van der Waals surface area contributed by atoms with Crippen LogP contribution in [0, 0.1) is 11.3 Å². The molecule has 5 atom stereocenters. The minimum atomic E-state index is -1.33. The highest BCUT2D eigenvalue weighted by atomic mass is 16.6. The summed E-state index contributed by atoms with van der Waals surface area (Å²) in [7, 11) is 0. The number of hydrogen-bond acceptors (Lipinski definition) is 4. The van der Waals surface area contributed by atoms with Crippen molar-refractivity contribution >= 4 is 12.1 Å². The van der Waals surface area contributed by atoms with Crippen molar-refractivity contribution in [3.8, 4) is 0 Å². The number of carbonyl (C=O) groups is 2. The van der Waals surface area contributed by atoms with Gasteiger partial charge in [0.2, 0.25) is 0 Å². The Morgan fingerprint density at radius 1 is 1.40 bits per heavy atom. The third kappa shape index (κ3) is 2.80. The molecular weight excluding hydrogens is 322 g/mol. The van der Waals surface area contributed by atoms with Crippen molar-refractivity contribution in [2.45, 2.75) is 44.6 Å². The molecule has 0 bridgehead atoms. The lowest BCUT2D eigenvalue weighted by molar-refractivity contribution is -0.151. The zero-order chi connectivity index (χ0) is 18.2. The summed E-state index contributed by atoms with van der Waals surface area (Å²) in [5.41, 5.74) is -0.00611. The van der Waals surface area contributed by atoms with Gasteiger partial charge in [-0.15, -0.1) is 6.58 Å². The summed E-state index contributed by atoms with van der Waals surface area (Å²) in [6, 6.07) is 7.67. The van der Waals surface area contributed by atoms with Gasteiger partial charge in [-0.2, -0.15) is 0 Å². The van der Waals surface area contributed by atoms with Crippen LogP contribution in [0.25, 0.3) is 0 Å². The molecule has 1 unspecified atom stereocenters. The normalized spacial score (nSPS) is 33.3. The number of amides is 1. The quantitative estimate of drug-likeness (QED) is 0.830. The molecule has 1 saturated heterocycles. The molecule has 1 heterocycles. The molecule has 6 heteroatoms. The first-order valence-electron chi connectivity index (χ1n) is 8.39. The number of aliphatic hydroxyl groups excluding tert-OH is 1. The molecule has 1 N–H and O–H groups in total. The van der Waals surface area contributed by atoms with Crippen LogP contribution in [-0.2, 0) is 21.2 Å². The molecular formula is C19H22NO5. The maximum absolute atomic E-state index is 12.6. The molecule has 1 amide bonds. The minimum Gasteiger partial charge on any atom is -0.445 e. The molecule has 25 heavy (non-hydrogen) atoms. The molecule has 0 aromatic heterocycles. The Labute approximate surface area is 146 Å². The topological polar surface area (TPSA) is 86.7 Å². The lowest BCUT2D eigenvalue weighted by Crippen LogP contribution is -2.53. The summed E-state index contributed by atoms with van der Waals surface area (Å²) in [6.45, 7) is 5.52. The van der Waals surface area contributed by atoms with E-state index in [1.165, 1.54) is 4.90 Å². The van der Waals surface area contributed by atoms with Crippen molar-refractivity contribution in [3.63, 3.8) is 0 Å².